The second-order valence-corrected chi connectivity index (χ2v) is 5.67. The molecule has 0 radical (unpaired) electrons. The molecule has 0 amide bonds. The van der Waals surface area contributed by atoms with Crippen molar-refractivity contribution in [2.24, 2.45) is 0 Å². The summed E-state index contributed by atoms with van der Waals surface area (Å²) < 4.78 is 26.9. The van der Waals surface area contributed by atoms with E-state index in [1.807, 2.05) is 37.3 Å². The first-order valence-corrected chi connectivity index (χ1v) is 7.22. The lowest BCUT2D eigenvalue weighted by Gasteiger charge is -2.41. The molecule has 4 heteroatoms. The molecule has 1 fully saturated rings. The summed E-state index contributed by atoms with van der Waals surface area (Å²) in [6, 6.07) is 14.0. The van der Waals surface area contributed by atoms with Crippen molar-refractivity contribution in [3.8, 4) is 17.2 Å². The average Bonchev–Trinajstić information content (AvgIpc) is 2.48. The second kappa shape index (κ2) is 5.86. The summed E-state index contributed by atoms with van der Waals surface area (Å²) in [5.41, 5.74) is 3.10. The fraction of sp³-hybridized carbons (Fsp3) is 0.278. The third-order valence-corrected chi connectivity index (χ3v) is 4.22. The maximum atomic E-state index is 14.0. The molecule has 3 rings (SSSR count). The monoisotopic (exact) mass is 298 g/mol. The molecule has 0 saturated carbocycles. The molecule has 2 aromatic rings. The van der Waals surface area contributed by atoms with Gasteiger partial charge in [-0.2, -0.15) is 5.26 Å². The number of hydrogen-bond acceptors (Lipinski definition) is 2. The van der Waals surface area contributed by atoms with E-state index in [0.29, 0.717) is 5.56 Å². The van der Waals surface area contributed by atoms with E-state index in [-0.39, 0.29) is 23.8 Å². The topological polar surface area (TPSA) is 35.8 Å². The summed E-state index contributed by atoms with van der Waals surface area (Å²) in [5.74, 6) is -0.401. The predicted molar refractivity (Wildman–Crippen MR) is 81.6 cm³/mol. The molecule has 1 aliphatic heterocycles. The summed E-state index contributed by atoms with van der Waals surface area (Å²) in [4.78, 5) is 0. The standard InChI is InChI=1S/C18H16F2N2/c1-11-2-7-14(15(20)8-11)12-3-5-13(6-4-12)18-16(9-19)22-17(18)10-21/h2-8,16-18,22H,9H2,1H3/t16-,17-,18+/m0/s1. The lowest BCUT2D eigenvalue weighted by molar-refractivity contribution is 0.210. The van der Waals surface area contributed by atoms with Gasteiger partial charge >= 0.3 is 0 Å². The Balaban J connectivity index is 1.88. The van der Waals surface area contributed by atoms with Crippen molar-refractivity contribution in [3.05, 3.63) is 59.4 Å². The molecule has 3 atom stereocenters. The van der Waals surface area contributed by atoms with Gasteiger partial charge in [-0.15, -0.1) is 0 Å². The third-order valence-electron chi connectivity index (χ3n) is 4.22. The minimum atomic E-state index is -0.503. The van der Waals surface area contributed by atoms with Crippen LogP contribution in [0.15, 0.2) is 42.5 Å². The molecule has 1 N–H and O–H groups in total. The highest BCUT2D eigenvalue weighted by molar-refractivity contribution is 5.65. The van der Waals surface area contributed by atoms with E-state index in [9.17, 15) is 8.78 Å². The molecular formula is C18H16F2N2. The molecule has 112 valence electrons. The van der Waals surface area contributed by atoms with Crippen molar-refractivity contribution < 1.29 is 8.78 Å². The molecule has 0 aliphatic carbocycles. The van der Waals surface area contributed by atoms with Gasteiger partial charge in [0.1, 0.15) is 18.5 Å². The van der Waals surface area contributed by atoms with E-state index in [0.717, 1.165) is 16.7 Å². The van der Waals surface area contributed by atoms with Gasteiger partial charge in [0, 0.05) is 17.5 Å². The molecule has 1 heterocycles. The highest BCUT2D eigenvalue weighted by Gasteiger charge is 2.41. The molecule has 0 unspecified atom stereocenters. The highest BCUT2D eigenvalue weighted by atomic mass is 19.1. The Labute approximate surface area is 128 Å². The van der Waals surface area contributed by atoms with Gasteiger partial charge in [-0.3, -0.25) is 5.32 Å². The fourth-order valence-corrected chi connectivity index (χ4v) is 2.97. The highest BCUT2D eigenvalue weighted by Crippen LogP contribution is 2.33. The Kier molecular flexibility index (Phi) is 3.91. The van der Waals surface area contributed by atoms with Crippen molar-refractivity contribution in [2.45, 2.75) is 24.9 Å². The molecule has 1 saturated heterocycles. The Morgan fingerprint density at radius 2 is 1.91 bits per heavy atom. The first-order valence-electron chi connectivity index (χ1n) is 7.22. The van der Waals surface area contributed by atoms with Crippen molar-refractivity contribution in [3.63, 3.8) is 0 Å². The maximum absolute atomic E-state index is 14.0. The number of nitrogens with zero attached hydrogens (tertiary/aromatic N) is 1. The van der Waals surface area contributed by atoms with Crippen molar-refractivity contribution >= 4 is 0 Å². The Morgan fingerprint density at radius 1 is 1.18 bits per heavy atom. The van der Waals surface area contributed by atoms with Gasteiger partial charge in [0.15, 0.2) is 0 Å². The van der Waals surface area contributed by atoms with Gasteiger partial charge in [-0.25, -0.2) is 8.78 Å². The van der Waals surface area contributed by atoms with Crippen molar-refractivity contribution in [1.82, 2.24) is 5.32 Å². The number of hydrogen-bond donors (Lipinski definition) is 1. The Morgan fingerprint density at radius 3 is 2.50 bits per heavy atom. The summed E-state index contributed by atoms with van der Waals surface area (Å²) in [6.45, 7) is 1.34. The predicted octanol–water partition coefficient (Wildman–Crippen LogP) is 3.72. The summed E-state index contributed by atoms with van der Waals surface area (Å²) in [5, 5.41) is 11.9. The molecule has 2 nitrogen and oxygen atoms in total. The maximum Gasteiger partial charge on any atom is 0.131 e. The van der Waals surface area contributed by atoms with Crippen LogP contribution in [0.2, 0.25) is 0 Å². The third kappa shape index (κ3) is 2.49. The lowest BCUT2D eigenvalue weighted by Crippen LogP contribution is -2.59. The van der Waals surface area contributed by atoms with Crippen LogP contribution in [-0.2, 0) is 0 Å². The normalized spacial score (nSPS) is 23.6. The minimum Gasteiger partial charge on any atom is -0.295 e. The van der Waals surface area contributed by atoms with Crippen molar-refractivity contribution in [1.29, 1.82) is 5.26 Å². The number of rotatable bonds is 3. The van der Waals surface area contributed by atoms with Crippen LogP contribution in [0.4, 0.5) is 8.78 Å². The minimum absolute atomic E-state index is 0.146. The zero-order chi connectivity index (χ0) is 15.7. The number of nitriles is 1. The van der Waals surface area contributed by atoms with Crippen LogP contribution in [0.25, 0.3) is 11.1 Å². The number of aryl methyl sites for hydroxylation is 1. The van der Waals surface area contributed by atoms with Gasteiger partial charge in [-0.05, 0) is 29.7 Å². The van der Waals surface area contributed by atoms with Crippen LogP contribution >= 0.6 is 0 Å². The van der Waals surface area contributed by atoms with Crippen LogP contribution in [0, 0.1) is 24.1 Å². The van der Waals surface area contributed by atoms with E-state index in [4.69, 9.17) is 5.26 Å². The second-order valence-electron chi connectivity index (χ2n) is 5.67. The molecular weight excluding hydrogens is 282 g/mol. The van der Waals surface area contributed by atoms with E-state index >= 15 is 0 Å². The van der Waals surface area contributed by atoms with E-state index in [1.165, 1.54) is 6.07 Å². The Bertz CT molecular complexity index is 719. The quantitative estimate of drug-likeness (QED) is 0.937. The van der Waals surface area contributed by atoms with Crippen LogP contribution in [0.5, 0.6) is 0 Å². The van der Waals surface area contributed by atoms with Crippen LogP contribution in [-0.4, -0.2) is 18.8 Å². The summed E-state index contributed by atoms with van der Waals surface area (Å²) in [6.07, 6.45) is 0. The number of benzene rings is 2. The first kappa shape index (κ1) is 14.7. The molecule has 22 heavy (non-hydrogen) atoms. The van der Waals surface area contributed by atoms with Gasteiger partial charge in [0.2, 0.25) is 0 Å². The van der Waals surface area contributed by atoms with Crippen LogP contribution < -0.4 is 5.32 Å². The van der Waals surface area contributed by atoms with Crippen LogP contribution in [0.1, 0.15) is 17.0 Å². The van der Waals surface area contributed by atoms with Gasteiger partial charge in [-0.1, -0.05) is 36.4 Å². The number of nitrogens with one attached hydrogen (secondary N) is 1. The molecule has 0 bridgehead atoms. The van der Waals surface area contributed by atoms with E-state index in [1.54, 1.807) is 6.07 Å². The summed E-state index contributed by atoms with van der Waals surface area (Å²) in [7, 11) is 0. The molecule has 0 spiro atoms. The zero-order valence-corrected chi connectivity index (χ0v) is 12.2. The SMILES string of the molecule is Cc1ccc(-c2ccc([C@H]3[C@H](C#N)N[C@H]3CF)cc2)c(F)c1. The summed E-state index contributed by atoms with van der Waals surface area (Å²) >= 11 is 0. The lowest BCUT2D eigenvalue weighted by atomic mass is 9.78. The zero-order valence-electron chi connectivity index (χ0n) is 12.2. The van der Waals surface area contributed by atoms with Crippen molar-refractivity contribution in [2.75, 3.05) is 6.67 Å². The molecule has 1 aliphatic rings. The van der Waals surface area contributed by atoms with Gasteiger partial charge < -0.3 is 0 Å². The average molecular weight is 298 g/mol. The number of alkyl halides is 1. The molecule has 0 aromatic heterocycles. The van der Waals surface area contributed by atoms with E-state index in [2.05, 4.69) is 11.4 Å². The molecule has 2 aromatic carbocycles. The van der Waals surface area contributed by atoms with E-state index < -0.39 is 6.67 Å². The fourth-order valence-electron chi connectivity index (χ4n) is 2.97. The largest absolute Gasteiger partial charge is 0.295 e. The smallest absolute Gasteiger partial charge is 0.131 e. The van der Waals surface area contributed by atoms with Crippen LogP contribution in [0.3, 0.4) is 0 Å². The van der Waals surface area contributed by atoms with Gasteiger partial charge in [0.05, 0.1) is 6.07 Å². The Hall–Kier alpha value is -2.25. The van der Waals surface area contributed by atoms with Gasteiger partial charge in [0.25, 0.3) is 0 Å². The first-order chi connectivity index (χ1) is 10.6. The number of halogens is 2.